The van der Waals surface area contributed by atoms with E-state index in [4.69, 9.17) is 11.6 Å². The van der Waals surface area contributed by atoms with Crippen molar-refractivity contribution in [3.63, 3.8) is 0 Å². The lowest BCUT2D eigenvalue weighted by atomic mass is 10.0. The summed E-state index contributed by atoms with van der Waals surface area (Å²) >= 11 is 6.19. The van der Waals surface area contributed by atoms with E-state index in [0.29, 0.717) is 17.1 Å². The number of fused-ring (bicyclic) bond motifs is 1. The second-order valence-electron chi connectivity index (χ2n) is 7.92. The van der Waals surface area contributed by atoms with Crippen LogP contribution in [0.2, 0.25) is 5.02 Å². The predicted molar refractivity (Wildman–Crippen MR) is 133 cm³/mol. The lowest BCUT2D eigenvalue weighted by Gasteiger charge is -2.09. The summed E-state index contributed by atoms with van der Waals surface area (Å²) in [6, 6.07) is 32.0. The van der Waals surface area contributed by atoms with Crippen molar-refractivity contribution in [3.05, 3.63) is 131 Å². The van der Waals surface area contributed by atoms with Crippen molar-refractivity contribution in [1.82, 2.24) is 14.9 Å². The summed E-state index contributed by atoms with van der Waals surface area (Å²) in [5, 5.41) is 3.57. The maximum absolute atomic E-state index is 12.7. The second kappa shape index (κ2) is 9.31. The van der Waals surface area contributed by atoms with Crippen LogP contribution in [0.1, 0.15) is 27.0 Å². The van der Waals surface area contributed by atoms with Crippen molar-refractivity contribution in [1.29, 1.82) is 0 Å². The van der Waals surface area contributed by atoms with Crippen LogP contribution in [0.5, 0.6) is 0 Å². The van der Waals surface area contributed by atoms with Gasteiger partial charge in [-0.05, 0) is 59.5 Å². The number of carbonyl (C=O) groups excluding carboxylic acids is 1. The Morgan fingerprint density at radius 2 is 1.64 bits per heavy atom. The minimum Gasteiger partial charge on any atom is -0.348 e. The van der Waals surface area contributed by atoms with E-state index in [1.165, 1.54) is 11.1 Å². The van der Waals surface area contributed by atoms with Crippen LogP contribution in [0.25, 0.3) is 16.7 Å². The van der Waals surface area contributed by atoms with Crippen molar-refractivity contribution >= 4 is 28.5 Å². The van der Waals surface area contributed by atoms with Crippen molar-refractivity contribution in [2.75, 3.05) is 0 Å². The van der Waals surface area contributed by atoms with Crippen LogP contribution < -0.4 is 5.32 Å². The molecule has 0 radical (unpaired) electrons. The third-order valence-electron chi connectivity index (χ3n) is 5.65. The van der Waals surface area contributed by atoms with E-state index < -0.39 is 0 Å². The molecule has 4 nitrogen and oxygen atoms in total. The molecule has 0 bridgehead atoms. The van der Waals surface area contributed by atoms with E-state index in [1.54, 1.807) is 6.33 Å². The molecule has 0 aliphatic rings. The average molecular weight is 452 g/mol. The Balaban J connectivity index is 1.36. The largest absolute Gasteiger partial charge is 0.348 e. The number of aromatic nitrogens is 2. The number of hydrogen-bond donors (Lipinski definition) is 1. The fraction of sp³-hybridized carbons (Fsp3) is 0.0714. The Labute approximate surface area is 197 Å². The molecule has 0 aliphatic heterocycles. The number of benzene rings is 4. The van der Waals surface area contributed by atoms with E-state index >= 15 is 0 Å². The third-order valence-corrected chi connectivity index (χ3v) is 6.02. The van der Waals surface area contributed by atoms with Gasteiger partial charge in [0.15, 0.2) is 0 Å². The molecule has 0 atom stereocenters. The Hall–Kier alpha value is -3.89. The molecule has 4 aromatic carbocycles. The third kappa shape index (κ3) is 4.66. The first-order chi connectivity index (χ1) is 16.2. The highest BCUT2D eigenvalue weighted by atomic mass is 35.5. The molecule has 33 heavy (non-hydrogen) atoms. The number of imidazole rings is 1. The number of hydrogen-bond acceptors (Lipinski definition) is 2. The molecule has 1 heterocycles. The van der Waals surface area contributed by atoms with Crippen LogP contribution in [0.15, 0.2) is 103 Å². The van der Waals surface area contributed by atoms with Gasteiger partial charge >= 0.3 is 0 Å². The quantitative estimate of drug-likeness (QED) is 0.334. The van der Waals surface area contributed by atoms with E-state index in [9.17, 15) is 4.79 Å². The van der Waals surface area contributed by atoms with Gasteiger partial charge in [-0.15, -0.1) is 0 Å². The van der Waals surface area contributed by atoms with Crippen molar-refractivity contribution in [2.24, 2.45) is 0 Å². The van der Waals surface area contributed by atoms with Crippen LogP contribution in [-0.4, -0.2) is 15.5 Å². The molecule has 0 spiro atoms. The van der Waals surface area contributed by atoms with Gasteiger partial charge < -0.3 is 5.32 Å². The van der Waals surface area contributed by atoms with Gasteiger partial charge in [0.05, 0.1) is 11.0 Å². The summed E-state index contributed by atoms with van der Waals surface area (Å²) in [6.07, 6.45) is 2.68. The summed E-state index contributed by atoms with van der Waals surface area (Å²) in [7, 11) is 0. The number of amides is 1. The monoisotopic (exact) mass is 451 g/mol. The first kappa shape index (κ1) is 21.0. The summed E-state index contributed by atoms with van der Waals surface area (Å²) in [5.41, 5.74) is 6.73. The lowest BCUT2D eigenvalue weighted by molar-refractivity contribution is 0.0951. The molecule has 0 aliphatic carbocycles. The van der Waals surface area contributed by atoms with Gasteiger partial charge in [0.25, 0.3) is 5.91 Å². The molecule has 0 fully saturated rings. The maximum Gasteiger partial charge on any atom is 0.251 e. The molecular weight excluding hydrogens is 430 g/mol. The van der Waals surface area contributed by atoms with Gasteiger partial charge in [0.2, 0.25) is 0 Å². The fourth-order valence-corrected chi connectivity index (χ4v) is 4.13. The first-order valence-electron chi connectivity index (χ1n) is 10.8. The molecule has 1 N–H and O–H groups in total. The van der Waals surface area contributed by atoms with Crippen LogP contribution in [-0.2, 0) is 13.0 Å². The smallest absolute Gasteiger partial charge is 0.251 e. The summed E-state index contributed by atoms with van der Waals surface area (Å²) < 4.78 is 2.05. The first-order valence-corrected chi connectivity index (χ1v) is 11.2. The Morgan fingerprint density at radius 3 is 2.48 bits per heavy atom. The Bertz CT molecular complexity index is 1430. The Morgan fingerprint density at radius 1 is 0.848 bits per heavy atom. The topological polar surface area (TPSA) is 46.9 Å². The summed E-state index contributed by atoms with van der Waals surface area (Å²) in [5.74, 6) is -0.156. The highest BCUT2D eigenvalue weighted by Gasteiger charge is 2.11. The van der Waals surface area contributed by atoms with Crippen LogP contribution >= 0.6 is 11.6 Å². The van der Waals surface area contributed by atoms with Gasteiger partial charge in [-0.1, -0.05) is 72.3 Å². The van der Waals surface area contributed by atoms with Crippen molar-refractivity contribution in [3.8, 4) is 5.69 Å². The summed E-state index contributed by atoms with van der Waals surface area (Å²) in [4.78, 5) is 17.2. The van der Waals surface area contributed by atoms with Crippen LogP contribution in [0.3, 0.4) is 0 Å². The van der Waals surface area contributed by atoms with Crippen LogP contribution in [0.4, 0.5) is 0 Å². The van der Waals surface area contributed by atoms with E-state index in [1.807, 2.05) is 48.5 Å². The summed E-state index contributed by atoms with van der Waals surface area (Å²) in [6.45, 7) is 0.374. The van der Waals surface area contributed by atoms with Crippen LogP contribution in [0, 0.1) is 0 Å². The zero-order chi connectivity index (χ0) is 22.6. The molecule has 5 heteroatoms. The maximum atomic E-state index is 12.7. The zero-order valence-electron chi connectivity index (χ0n) is 17.9. The standard InChI is InChI=1S/C28H22ClN3O/c29-25-12-5-4-10-23(25)18-30-28(33)22-13-14-27-26(17-22)31-19-32(27)24-11-6-9-21(16-24)15-20-7-2-1-3-8-20/h1-14,16-17,19H,15,18H2,(H,30,33). The van der Waals surface area contributed by atoms with Gasteiger partial charge in [-0.25, -0.2) is 4.98 Å². The van der Waals surface area contributed by atoms with Crippen molar-refractivity contribution in [2.45, 2.75) is 13.0 Å². The van der Waals surface area contributed by atoms with E-state index in [2.05, 4.69) is 63.4 Å². The highest BCUT2D eigenvalue weighted by molar-refractivity contribution is 6.31. The minimum absolute atomic E-state index is 0.156. The zero-order valence-corrected chi connectivity index (χ0v) is 18.7. The molecule has 1 amide bonds. The number of halogens is 1. The normalized spacial score (nSPS) is 10.9. The average Bonchev–Trinajstić information content (AvgIpc) is 3.27. The number of rotatable bonds is 6. The molecule has 5 rings (SSSR count). The molecule has 5 aromatic rings. The molecule has 1 aromatic heterocycles. The molecule has 0 saturated carbocycles. The van der Waals surface area contributed by atoms with E-state index in [-0.39, 0.29) is 5.91 Å². The Kier molecular flexibility index (Phi) is 5.92. The number of nitrogens with one attached hydrogen (secondary N) is 1. The number of nitrogens with zero attached hydrogens (tertiary/aromatic N) is 2. The fourth-order valence-electron chi connectivity index (χ4n) is 3.93. The SMILES string of the molecule is O=C(NCc1ccccc1Cl)c1ccc2c(c1)ncn2-c1cccc(Cc2ccccc2)c1. The van der Waals surface area contributed by atoms with Gasteiger partial charge in [0, 0.05) is 22.8 Å². The second-order valence-corrected chi connectivity index (χ2v) is 8.33. The molecule has 0 saturated heterocycles. The molecule has 162 valence electrons. The van der Waals surface area contributed by atoms with Crippen molar-refractivity contribution < 1.29 is 4.79 Å². The highest BCUT2D eigenvalue weighted by Crippen LogP contribution is 2.22. The minimum atomic E-state index is -0.156. The molecule has 0 unspecified atom stereocenters. The lowest BCUT2D eigenvalue weighted by Crippen LogP contribution is -2.22. The number of carbonyl (C=O) groups is 1. The predicted octanol–water partition coefficient (Wildman–Crippen LogP) is 6.20. The van der Waals surface area contributed by atoms with Gasteiger partial charge in [-0.2, -0.15) is 0 Å². The van der Waals surface area contributed by atoms with Gasteiger partial charge in [0.1, 0.15) is 6.33 Å². The molecular formula is C28H22ClN3O. The van der Waals surface area contributed by atoms with E-state index in [0.717, 1.165) is 28.7 Å². The van der Waals surface area contributed by atoms with Gasteiger partial charge in [-0.3, -0.25) is 9.36 Å².